The molecule has 1 fully saturated rings. The number of amides is 2. The Kier molecular flexibility index (Phi) is 7.73. The lowest BCUT2D eigenvalue weighted by Crippen LogP contribution is -2.51. The molecule has 2 aliphatic rings. The van der Waals surface area contributed by atoms with Crippen LogP contribution < -0.4 is 5.32 Å². The number of aliphatic carboxylic acids is 1. The average Bonchev–Trinajstić information content (AvgIpc) is 3.16. The first-order chi connectivity index (χ1) is 16.9. The van der Waals surface area contributed by atoms with E-state index in [1.807, 2.05) is 38.1 Å². The standard InChI is InChI=1S/C28H34N2O5/c1-3-8-19(15-26(31)30-16-18(2)13-14-25(30)27(32)33)29-28(34)35-17-24-22-11-6-4-9-20(22)21-10-5-7-12-23(21)24/h4-7,9-12,18-19,24-25H,3,8,13-17H2,1-2H3,(H,29,34)(H,32,33)/t18?,19-,25?/m0/s1. The summed E-state index contributed by atoms with van der Waals surface area (Å²) in [6.07, 6.45) is 2.14. The van der Waals surface area contributed by atoms with E-state index >= 15 is 0 Å². The van der Waals surface area contributed by atoms with Gasteiger partial charge in [0.1, 0.15) is 12.6 Å². The van der Waals surface area contributed by atoms with Gasteiger partial charge in [-0.05, 0) is 47.4 Å². The Morgan fingerprint density at radius 2 is 1.69 bits per heavy atom. The van der Waals surface area contributed by atoms with E-state index in [-0.39, 0.29) is 30.8 Å². The van der Waals surface area contributed by atoms with E-state index in [0.717, 1.165) is 35.1 Å². The van der Waals surface area contributed by atoms with Crippen LogP contribution in [0.3, 0.4) is 0 Å². The number of rotatable bonds is 8. The normalized spacial score (nSPS) is 20.0. The molecule has 2 amide bonds. The van der Waals surface area contributed by atoms with Gasteiger partial charge < -0.3 is 20.1 Å². The number of carboxylic acid groups (broad SMARTS) is 1. The molecular formula is C28H34N2O5. The van der Waals surface area contributed by atoms with Gasteiger partial charge in [0.05, 0.1) is 0 Å². The molecule has 0 aromatic heterocycles. The highest BCUT2D eigenvalue weighted by molar-refractivity contribution is 5.84. The molecule has 1 aliphatic carbocycles. The maximum atomic E-state index is 13.0. The predicted molar refractivity (Wildman–Crippen MR) is 133 cm³/mol. The number of nitrogens with one attached hydrogen (secondary N) is 1. The lowest BCUT2D eigenvalue weighted by atomic mass is 9.93. The molecule has 2 aromatic rings. The van der Waals surface area contributed by atoms with Crippen LogP contribution >= 0.6 is 0 Å². The fraction of sp³-hybridized carbons (Fsp3) is 0.464. The first kappa shape index (κ1) is 24.8. The Morgan fingerprint density at radius 3 is 2.29 bits per heavy atom. The number of benzene rings is 2. The second-order valence-electron chi connectivity index (χ2n) is 9.74. The van der Waals surface area contributed by atoms with Crippen LogP contribution in [0.1, 0.15) is 63.0 Å². The van der Waals surface area contributed by atoms with Crippen LogP contribution in [0, 0.1) is 5.92 Å². The summed E-state index contributed by atoms with van der Waals surface area (Å²) in [6, 6.07) is 15.1. The van der Waals surface area contributed by atoms with Crippen molar-refractivity contribution in [1.82, 2.24) is 10.2 Å². The Bertz CT molecular complexity index is 1040. The third kappa shape index (κ3) is 5.50. The number of fused-ring (bicyclic) bond motifs is 3. The van der Waals surface area contributed by atoms with Crippen LogP contribution in [0.15, 0.2) is 48.5 Å². The summed E-state index contributed by atoms with van der Waals surface area (Å²) in [7, 11) is 0. The van der Waals surface area contributed by atoms with Crippen molar-refractivity contribution < 1.29 is 24.2 Å². The second kappa shape index (κ2) is 10.9. The van der Waals surface area contributed by atoms with Gasteiger partial charge in [0, 0.05) is 24.9 Å². The molecule has 0 spiro atoms. The van der Waals surface area contributed by atoms with E-state index in [1.54, 1.807) is 0 Å². The van der Waals surface area contributed by atoms with Crippen molar-refractivity contribution in [2.75, 3.05) is 13.2 Å². The van der Waals surface area contributed by atoms with Gasteiger partial charge in [-0.1, -0.05) is 68.8 Å². The van der Waals surface area contributed by atoms with E-state index in [0.29, 0.717) is 19.4 Å². The van der Waals surface area contributed by atoms with E-state index in [2.05, 4.69) is 29.6 Å². The van der Waals surface area contributed by atoms with Gasteiger partial charge in [-0.3, -0.25) is 4.79 Å². The lowest BCUT2D eigenvalue weighted by Gasteiger charge is -2.37. The number of hydrogen-bond acceptors (Lipinski definition) is 4. The summed E-state index contributed by atoms with van der Waals surface area (Å²) in [4.78, 5) is 38.9. The fourth-order valence-corrected chi connectivity index (χ4v) is 5.39. The smallest absolute Gasteiger partial charge is 0.407 e. The topological polar surface area (TPSA) is 95.9 Å². The predicted octanol–water partition coefficient (Wildman–Crippen LogP) is 4.80. The van der Waals surface area contributed by atoms with Gasteiger partial charge >= 0.3 is 12.1 Å². The third-order valence-electron chi connectivity index (χ3n) is 7.15. The number of ether oxygens (including phenoxy) is 1. The van der Waals surface area contributed by atoms with E-state index in [9.17, 15) is 19.5 Å². The summed E-state index contributed by atoms with van der Waals surface area (Å²) < 4.78 is 5.65. The second-order valence-corrected chi connectivity index (χ2v) is 9.74. The van der Waals surface area contributed by atoms with E-state index in [4.69, 9.17) is 4.74 Å². The average molecular weight is 479 g/mol. The van der Waals surface area contributed by atoms with Gasteiger partial charge in [-0.15, -0.1) is 0 Å². The van der Waals surface area contributed by atoms with Crippen molar-refractivity contribution in [2.24, 2.45) is 5.92 Å². The molecule has 1 saturated heterocycles. The largest absolute Gasteiger partial charge is 0.480 e. The minimum Gasteiger partial charge on any atom is -0.480 e. The van der Waals surface area contributed by atoms with Crippen molar-refractivity contribution >= 4 is 18.0 Å². The van der Waals surface area contributed by atoms with Crippen molar-refractivity contribution in [3.8, 4) is 11.1 Å². The zero-order chi connectivity index (χ0) is 24.9. The molecule has 1 aliphatic heterocycles. The highest BCUT2D eigenvalue weighted by Crippen LogP contribution is 2.44. The van der Waals surface area contributed by atoms with Gasteiger partial charge in [0.2, 0.25) is 5.91 Å². The summed E-state index contributed by atoms with van der Waals surface area (Å²) in [5.74, 6) is -0.983. The van der Waals surface area contributed by atoms with Crippen molar-refractivity contribution in [3.63, 3.8) is 0 Å². The molecule has 35 heavy (non-hydrogen) atoms. The van der Waals surface area contributed by atoms with Crippen LogP contribution in [0.2, 0.25) is 0 Å². The maximum absolute atomic E-state index is 13.0. The highest BCUT2D eigenvalue weighted by atomic mass is 16.5. The minimum absolute atomic E-state index is 0.0365. The molecule has 1 heterocycles. The number of piperidine rings is 1. The third-order valence-corrected chi connectivity index (χ3v) is 7.15. The molecule has 7 nitrogen and oxygen atoms in total. The zero-order valence-electron chi connectivity index (χ0n) is 20.4. The molecule has 0 saturated carbocycles. The Labute approximate surface area is 206 Å². The number of nitrogens with zero attached hydrogens (tertiary/aromatic N) is 1. The van der Waals surface area contributed by atoms with Crippen molar-refractivity contribution in [3.05, 3.63) is 59.7 Å². The highest BCUT2D eigenvalue weighted by Gasteiger charge is 2.35. The van der Waals surface area contributed by atoms with E-state index in [1.165, 1.54) is 4.90 Å². The van der Waals surface area contributed by atoms with Crippen LogP contribution in [-0.2, 0) is 14.3 Å². The molecule has 4 rings (SSSR count). The Hall–Kier alpha value is -3.35. The SMILES string of the molecule is CCC[C@@H](CC(=O)N1CC(C)CCC1C(=O)O)NC(=O)OCC1c2ccccc2-c2ccccc21. The van der Waals surface area contributed by atoms with Gasteiger partial charge in [-0.2, -0.15) is 0 Å². The van der Waals surface area contributed by atoms with Gasteiger partial charge in [0.15, 0.2) is 0 Å². The van der Waals surface area contributed by atoms with Crippen molar-refractivity contribution in [1.29, 1.82) is 0 Å². The summed E-state index contributed by atoms with van der Waals surface area (Å²) in [5.41, 5.74) is 4.60. The number of likely N-dealkylation sites (tertiary alicyclic amines) is 1. The molecular weight excluding hydrogens is 444 g/mol. The minimum atomic E-state index is -0.971. The van der Waals surface area contributed by atoms with Crippen LogP contribution in [0.4, 0.5) is 4.79 Å². The first-order valence-electron chi connectivity index (χ1n) is 12.5. The molecule has 2 unspecified atom stereocenters. The quantitative estimate of drug-likeness (QED) is 0.568. The number of carbonyl (C=O) groups excluding carboxylic acids is 2. The fourth-order valence-electron chi connectivity index (χ4n) is 5.39. The Morgan fingerprint density at radius 1 is 1.06 bits per heavy atom. The van der Waals surface area contributed by atoms with Crippen LogP contribution in [-0.4, -0.2) is 53.2 Å². The van der Waals surface area contributed by atoms with Crippen LogP contribution in [0.25, 0.3) is 11.1 Å². The lowest BCUT2D eigenvalue weighted by molar-refractivity contribution is -0.153. The van der Waals surface area contributed by atoms with Crippen LogP contribution in [0.5, 0.6) is 0 Å². The first-order valence-corrected chi connectivity index (χ1v) is 12.5. The number of alkyl carbamates (subject to hydrolysis) is 1. The molecule has 3 atom stereocenters. The molecule has 2 aromatic carbocycles. The molecule has 0 radical (unpaired) electrons. The molecule has 2 N–H and O–H groups in total. The summed E-state index contributed by atoms with van der Waals surface area (Å²) in [5, 5.41) is 12.4. The molecule has 7 heteroatoms. The number of carboxylic acids is 1. The monoisotopic (exact) mass is 478 g/mol. The van der Waals surface area contributed by atoms with Crippen molar-refractivity contribution in [2.45, 2.75) is 64.0 Å². The van der Waals surface area contributed by atoms with E-state index < -0.39 is 24.1 Å². The number of hydrogen-bond donors (Lipinski definition) is 2. The zero-order valence-corrected chi connectivity index (χ0v) is 20.4. The molecule has 0 bridgehead atoms. The summed E-state index contributed by atoms with van der Waals surface area (Å²) >= 11 is 0. The maximum Gasteiger partial charge on any atom is 0.407 e. The van der Waals surface area contributed by atoms with Gasteiger partial charge in [-0.25, -0.2) is 9.59 Å². The number of carbonyl (C=O) groups is 3. The molecule has 186 valence electrons. The Balaban J connectivity index is 1.38. The van der Waals surface area contributed by atoms with Gasteiger partial charge in [0.25, 0.3) is 0 Å². The summed E-state index contributed by atoms with van der Waals surface area (Å²) in [6.45, 7) is 4.65.